The zero-order valence-electron chi connectivity index (χ0n) is 18.7. The Kier molecular flexibility index (Phi) is 6.40. The van der Waals surface area contributed by atoms with Crippen LogP contribution in [0.3, 0.4) is 0 Å². The number of hydrogen-bond donors (Lipinski definition) is 1. The van der Waals surface area contributed by atoms with Gasteiger partial charge in [-0.15, -0.1) is 0 Å². The number of aromatic nitrogens is 2. The molecule has 0 aliphatic carbocycles. The molecule has 0 saturated carbocycles. The molecule has 8 heteroatoms. The van der Waals surface area contributed by atoms with Crippen molar-refractivity contribution in [1.82, 2.24) is 15.1 Å². The normalized spacial score (nSPS) is 12.2. The molecule has 0 bridgehead atoms. The van der Waals surface area contributed by atoms with Gasteiger partial charge in [0, 0.05) is 18.5 Å². The number of anilines is 1. The van der Waals surface area contributed by atoms with Gasteiger partial charge in [-0.1, -0.05) is 32.9 Å². The van der Waals surface area contributed by atoms with E-state index in [1.165, 1.54) is 4.31 Å². The van der Waals surface area contributed by atoms with Crippen molar-refractivity contribution in [3.63, 3.8) is 0 Å². The second-order valence-corrected chi connectivity index (χ2v) is 10.4. The first-order chi connectivity index (χ1) is 14.6. The van der Waals surface area contributed by atoms with Crippen molar-refractivity contribution < 1.29 is 13.2 Å². The first-order valence-electron chi connectivity index (χ1n) is 10.4. The van der Waals surface area contributed by atoms with Crippen LogP contribution >= 0.6 is 0 Å². The second-order valence-electron chi connectivity index (χ2n) is 8.49. The molecule has 0 unspecified atom stereocenters. The van der Waals surface area contributed by atoms with E-state index < -0.39 is 10.0 Å². The lowest BCUT2D eigenvalue weighted by Gasteiger charge is -2.28. The SMILES string of the molecule is CCN(CC)C(=O)CN(c1ccc2cn[nH]c2c1)S(=O)(=O)c1ccc(C(C)(C)C)cc1. The number of nitrogens with zero attached hydrogens (tertiary/aromatic N) is 3. The van der Waals surface area contributed by atoms with Crippen molar-refractivity contribution in [1.29, 1.82) is 0 Å². The Morgan fingerprint density at radius 2 is 1.68 bits per heavy atom. The van der Waals surface area contributed by atoms with E-state index in [0.29, 0.717) is 24.3 Å². The fourth-order valence-electron chi connectivity index (χ4n) is 3.45. The minimum atomic E-state index is -3.96. The number of rotatable bonds is 7. The molecule has 1 aromatic heterocycles. The Morgan fingerprint density at radius 3 is 2.26 bits per heavy atom. The topological polar surface area (TPSA) is 86.4 Å². The fraction of sp³-hybridized carbons (Fsp3) is 0.391. The maximum absolute atomic E-state index is 13.6. The molecule has 1 heterocycles. The Hall–Kier alpha value is -2.87. The number of benzene rings is 2. The molecule has 0 aliphatic heterocycles. The van der Waals surface area contributed by atoms with Gasteiger partial charge in [-0.05, 0) is 55.2 Å². The van der Waals surface area contributed by atoms with Crippen molar-refractivity contribution in [2.24, 2.45) is 0 Å². The summed E-state index contributed by atoms with van der Waals surface area (Å²) in [5.74, 6) is -0.246. The molecule has 3 rings (SSSR count). The van der Waals surface area contributed by atoms with E-state index in [9.17, 15) is 13.2 Å². The van der Waals surface area contributed by atoms with Gasteiger partial charge >= 0.3 is 0 Å². The number of hydrogen-bond acceptors (Lipinski definition) is 4. The third kappa shape index (κ3) is 4.74. The van der Waals surface area contributed by atoms with E-state index in [-0.39, 0.29) is 22.8 Å². The number of H-pyrrole nitrogens is 1. The van der Waals surface area contributed by atoms with Gasteiger partial charge in [0.2, 0.25) is 5.91 Å². The summed E-state index contributed by atoms with van der Waals surface area (Å²) in [6.07, 6.45) is 1.67. The first-order valence-corrected chi connectivity index (χ1v) is 11.9. The molecular weight excluding hydrogens is 412 g/mol. The van der Waals surface area contributed by atoms with Crippen LogP contribution in [0.15, 0.2) is 53.6 Å². The van der Waals surface area contributed by atoms with Gasteiger partial charge < -0.3 is 4.90 Å². The average Bonchev–Trinajstić information content (AvgIpc) is 3.20. The summed E-state index contributed by atoms with van der Waals surface area (Å²) in [7, 11) is -3.96. The standard InChI is InChI=1S/C23H30N4O3S/c1-6-26(7-2)22(28)16-27(19-11-8-17-15-24-25-21(17)14-19)31(29,30)20-12-9-18(10-13-20)23(3,4)5/h8-15H,6-7,16H2,1-5H3,(H,24,25). The molecule has 31 heavy (non-hydrogen) atoms. The molecule has 0 atom stereocenters. The highest BCUT2D eigenvalue weighted by Gasteiger charge is 2.29. The summed E-state index contributed by atoms with van der Waals surface area (Å²) in [5, 5.41) is 7.73. The van der Waals surface area contributed by atoms with Gasteiger partial charge in [-0.3, -0.25) is 14.2 Å². The predicted molar refractivity (Wildman–Crippen MR) is 124 cm³/mol. The third-order valence-corrected chi connectivity index (χ3v) is 7.20. The largest absolute Gasteiger partial charge is 0.342 e. The zero-order chi connectivity index (χ0) is 22.8. The van der Waals surface area contributed by atoms with Gasteiger partial charge in [0.1, 0.15) is 6.54 Å². The van der Waals surface area contributed by atoms with Crippen molar-refractivity contribution in [3.05, 3.63) is 54.2 Å². The molecule has 0 fully saturated rings. The molecular formula is C23H30N4O3S. The summed E-state index contributed by atoms with van der Waals surface area (Å²) in [6, 6.07) is 12.1. The van der Waals surface area contributed by atoms with Gasteiger partial charge in [0.25, 0.3) is 10.0 Å². The third-order valence-electron chi connectivity index (χ3n) is 5.42. The molecule has 3 aromatic rings. The van der Waals surface area contributed by atoms with Crippen LogP contribution in [0.2, 0.25) is 0 Å². The summed E-state index contributed by atoms with van der Waals surface area (Å²) in [6.45, 7) is 10.7. The van der Waals surface area contributed by atoms with Crippen molar-refractivity contribution >= 4 is 32.5 Å². The highest BCUT2D eigenvalue weighted by atomic mass is 32.2. The second kappa shape index (κ2) is 8.70. The van der Waals surface area contributed by atoms with Gasteiger partial charge in [0.15, 0.2) is 0 Å². The molecule has 1 N–H and O–H groups in total. The van der Waals surface area contributed by atoms with Crippen molar-refractivity contribution in [2.75, 3.05) is 23.9 Å². The van der Waals surface area contributed by atoms with Crippen molar-refractivity contribution in [2.45, 2.75) is 44.9 Å². The van der Waals surface area contributed by atoms with Crippen LogP contribution in [-0.4, -0.2) is 49.1 Å². The van der Waals surface area contributed by atoms with E-state index in [1.54, 1.807) is 41.4 Å². The molecule has 2 aromatic carbocycles. The van der Waals surface area contributed by atoms with Gasteiger partial charge in [-0.2, -0.15) is 5.10 Å². The number of nitrogens with one attached hydrogen (secondary N) is 1. The molecule has 1 amide bonds. The molecule has 0 aliphatic rings. The van der Waals surface area contributed by atoms with Gasteiger partial charge in [0.05, 0.1) is 22.3 Å². The number of fused-ring (bicyclic) bond motifs is 1. The van der Waals surface area contributed by atoms with E-state index in [4.69, 9.17) is 0 Å². The maximum atomic E-state index is 13.6. The van der Waals surface area contributed by atoms with Crippen LogP contribution in [0, 0.1) is 0 Å². The zero-order valence-corrected chi connectivity index (χ0v) is 19.5. The van der Waals surface area contributed by atoms with Crippen LogP contribution in [0.4, 0.5) is 5.69 Å². The minimum Gasteiger partial charge on any atom is -0.342 e. The molecule has 7 nitrogen and oxygen atoms in total. The Balaban J connectivity index is 2.06. The molecule has 0 spiro atoms. The van der Waals surface area contributed by atoms with E-state index in [1.807, 2.05) is 26.0 Å². The number of likely N-dealkylation sites (N-methyl/N-ethyl adjacent to an activating group) is 1. The summed E-state index contributed by atoms with van der Waals surface area (Å²) in [4.78, 5) is 14.6. The highest BCUT2D eigenvalue weighted by Crippen LogP contribution is 2.29. The lowest BCUT2D eigenvalue weighted by Crippen LogP contribution is -2.43. The number of amides is 1. The smallest absolute Gasteiger partial charge is 0.264 e. The Bertz CT molecular complexity index is 1160. The Labute approximate surface area is 184 Å². The van der Waals surface area contributed by atoms with Crippen LogP contribution in [-0.2, 0) is 20.2 Å². The summed E-state index contributed by atoms with van der Waals surface area (Å²) < 4.78 is 28.4. The van der Waals surface area contributed by atoms with Gasteiger partial charge in [-0.25, -0.2) is 8.42 Å². The number of aromatic amines is 1. The number of sulfonamides is 1. The average molecular weight is 443 g/mol. The van der Waals surface area contributed by atoms with Crippen LogP contribution in [0.1, 0.15) is 40.2 Å². The quantitative estimate of drug-likeness (QED) is 0.601. The maximum Gasteiger partial charge on any atom is 0.264 e. The van der Waals surface area contributed by atoms with Crippen LogP contribution in [0.5, 0.6) is 0 Å². The molecule has 0 radical (unpaired) electrons. The first kappa shape index (κ1) is 22.8. The monoisotopic (exact) mass is 442 g/mol. The molecule has 166 valence electrons. The van der Waals surface area contributed by atoms with Crippen LogP contribution < -0.4 is 4.31 Å². The minimum absolute atomic E-state index is 0.0909. The summed E-state index contributed by atoms with van der Waals surface area (Å²) in [5.41, 5.74) is 2.07. The number of carbonyl (C=O) groups excluding carboxylic acids is 1. The lowest BCUT2D eigenvalue weighted by molar-refractivity contribution is -0.129. The Morgan fingerprint density at radius 1 is 1.03 bits per heavy atom. The lowest BCUT2D eigenvalue weighted by atomic mass is 9.87. The fourth-order valence-corrected chi connectivity index (χ4v) is 4.85. The highest BCUT2D eigenvalue weighted by molar-refractivity contribution is 7.92. The predicted octanol–water partition coefficient (Wildman–Crippen LogP) is 3.92. The van der Waals surface area contributed by atoms with E-state index >= 15 is 0 Å². The van der Waals surface area contributed by atoms with E-state index in [0.717, 1.165) is 10.9 Å². The summed E-state index contributed by atoms with van der Waals surface area (Å²) >= 11 is 0. The van der Waals surface area contributed by atoms with E-state index in [2.05, 4.69) is 31.0 Å². The van der Waals surface area contributed by atoms with Crippen LogP contribution in [0.25, 0.3) is 10.9 Å². The van der Waals surface area contributed by atoms with Crippen molar-refractivity contribution in [3.8, 4) is 0 Å². The molecule has 0 saturated heterocycles. The number of carbonyl (C=O) groups is 1.